The average Bonchev–Trinajstić information content (AvgIpc) is 2.42. The van der Waals surface area contributed by atoms with E-state index in [1.807, 2.05) is 0 Å². The number of pyridine rings is 1. The molecule has 0 saturated heterocycles. The Morgan fingerprint density at radius 3 is 2.71 bits per heavy atom. The molecule has 1 amide bonds. The van der Waals surface area contributed by atoms with Crippen molar-refractivity contribution in [2.75, 3.05) is 11.9 Å². The molecule has 0 saturated carbocycles. The summed E-state index contributed by atoms with van der Waals surface area (Å²) in [5.74, 6) is 0.0105. The molecule has 0 atom stereocenters. The Bertz CT molecular complexity index is 728. The van der Waals surface area contributed by atoms with Gasteiger partial charge in [0, 0.05) is 24.3 Å². The van der Waals surface area contributed by atoms with Crippen LogP contribution in [0, 0.1) is 0 Å². The lowest BCUT2D eigenvalue weighted by molar-refractivity contribution is -0.118. The maximum atomic E-state index is 11.8. The van der Waals surface area contributed by atoms with Gasteiger partial charge in [0.25, 0.3) is 5.91 Å². The fourth-order valence-corrected chi connectivity index (χ4v) is 2.06. The van der Waals surface area contributed by atoms with Crippen molar-refractivity contribution < 1.29 is 9.53 Å². The Morgan fingerprint density at radius 1 is 1.29 bits per heavy atom. The van der Waals surface area contributed by atoms with Crippen molar-refractivity contribution in [2.45, 2.75) is 0 Å². The molecule has 1 aromatic heterocycles. The first kappa shape index (κ1) is 15.4. The molecule has 110 valence electrons. The highest BCUT2D eigenvalue weighted by molar-refractivity contribution is 6.35. The molecule has 5 nitrogen and oxygen atoms in total. The van der Waals surface area contributed by atoms with Gasteiger partial charge in [0.05, 0.1) is 10.7 Å². The summed E-state index contributed by atoms with van der Waals surface area (Å²) in [4.78, 5) is 23.0. The first-order valence-electron chi connectivity index (χ1n) is 6.00. The number of ether oxygens (including phenoxy) is 1. The van der Waals surface area contributed by atoms with Crippen LogP contribution >= 0.6 is 23.2 Å². The quantitative estimate of drug-likeness (QED) is 0.939. The fourth-order valence-electron chi connectivity index (χ4n) is 1.60. The minimum absolute atomic E-state index is 0.155. The van der Waals surface area contributed by atoms with Crippen LogP contribution in [-0.4, -0.2) is 17.1 Å². The van der Waals surface area contributed by atoms with Gasteiger partial charge in [-0.25, -0.2) is 0 Å². The van der Waals surface area contributed by atoms with Crippen molar-refractivity contribution in [2.24, 2.45) is 7.05 Å². The van der Waals surface area contributed by atoms with Gasteiger partial charge < -0.3 is 14.6 Å². The second kappa shape index (κ2) is 6.65. The zero-order valence-electron chi connectivity index (χ0n) is 11.1. The molecule has 2 rings (SSSR count). The lowest BCUT2D eigenvalue weighted by Gasteiger charge is -2.09. The summed E-state index contributed by atoms with van der Waals surface area (Å²) in [6, 6.07) is 7.63. The van der Waals surface area contributed by atoms with Crippen molar-refractivity contribution in [3.05, 3.63) is 56.9 Å². The molecule has 1 N–H and O–H groups in total. The molecule has 1 heterocycles. The number of aryl methyl sites for hydroxylation is 1. The molecule has 1 aromatic carbocycles. The highest BCUT2D eigenvalue weighted by atomic mass is 35.5. The fraction of sp³-hybridized carbons (Fsp3) is 0.143. The minimum Gasteiger partial charge on any atom is -0.482 e. The predicted molar refractivity (Wildman–Crippen MR) is 82.3 cm³/mol. The number of rotatable bonds is 4. The summed E-state index contributed by atoms with van der Waals surface area (Å²) >= 11 is 11.7. The zero-order chi connectivity index (χ0) is 15.4. The zero-order valence-corrected chi connectivity index (χ0v) is 12.6. The molecule has 21 heavy (non-hydrogen) atoms. The Kier molecular flexibility index (Phi) is 4.88. The lowest BCUT2D eigenvalue weighted by Crippen LogP contribution is -2.22. The van der Waals surface area contributed by atoms with E-state index < -0.39 is 0 Å². The van der Waals surface area contributed by atoms with Crippen LogP contribution in [0.1, 0.15) is 0 Å². The van der Waals surface area contributed by atoms with Crippen LogP contribution in [0.3, 0.4) is 0 Å². The second-order valence-electron chi connectivity index (χ2n) is 4.28. The first-order chi connectivity index (χ1) is 9.95. The molecule has 2 aromatic rings. The third-order valence-corrected chi connectivity index (χ3v) is 3.15. The van der Waals surface area contributed by atoms with E-state index in [4.69, 9.17) is 27.9 Å². The van der Waals surface area contributed by atoms with Crippen molar-refractivity contribution >= 4 is 34.8 Å². The van der Waals surface area contributed by atoms with E-state index >= 15 is 0 Å². The molecule has 0 radical (unpaired) electrons. The van der Waals surface area contributed by atoms with E-state index in [9.17, 15) is 9.59 Å². The molecule has 0 unspecified atom stereocenters. The van der Waals surface area contributed by atoms with E-state index in [0.717, 1.165) is 0 Å². The largest absolute Gasteiger partial charge is 0.482 e. The summed E-state index contributed by atoms with van der Waals surface area (Å²) in [5, 5.41) is 3.44. The third kappa shape index (κ3) is 4.24. The Hall–Kier alpha value is -1.98. The molecule has 0 aliphatic carbocycles. The molecular weight excluding hydrogens is 315 g/mol. The van der Waals surface area contributed by atoms with E-state index in [1.165, 1.54) is 29.0 Å². The maximum absolute atomic E-state index is 11.8. The number of hydrogen-bond donors (Lipinski definition) is 1. The van der Waals surface area contributed by atoms with Gasteiger partial charge in [-0.2, -0.15) is 0 Å². The van der Waals surface area contributed by atoms with E-state index in [2.05, 4.69) is 5.32 Å². The summed E-state index contributed by atoms with van der Waals surface area (Å²) < 4.78 is 6.68. The van der Waals surface area contributed by atoms with Crippen molar-refractivity contribution in [1.82, 2.24) is 4.57 Å². The van der Waals surface area contributed by atoms with Crippen LogP contribution in [0.2, 0.25) is 10.0 Å². The topological polar surface area (TPSA) is 60.3 Å². The Balaban J connectivity index is 1.95. The lowest BCUT2D eigenvalue weighted by atomic mass is 10.3. The molecule has 0 aliphatic rings. The highest BCUT2D eigenvalue weighted by Crippen LogP contribution is 2.27. The molecular formula is C14H12Cl2N2O3. The summed E-state index contributed by atoms with van der Waals surface area (Å²) in [6.07, 6.45) is 1.52. The van der Waals surface area contributed by atoms with Gasteiger partial charge in [-0.3, -0.25) is 9.59 Å². The summed E-state index contributed by atoms with van der Waals surface area (Å²) in [7, 11) is 1.60. The monoisotopic (exact) mass is 326 g/mol. The van der Waals surface area contributed by atoms with E-state index in [0.29, 0.717) is 21.5 Å². The van der Waals surface area contributed by atoms with Crippen LogP contribution in [0.5, 0.6) is 5.75 Å². The number of amides is 1. The SMILES string of the molecule is Cn1cc(NC(=O)COc2ccc(Cl)cc2Cl)ccc1=O. The van der Waals surface area contributed by atoms with Crippen molar-refractivity contribution in [3.63, 3.8) is 0 Å². The number of carbonyl (C=O) groups excluding carboxylic acids is 1. The number of halogens is 2. The van der Waals surface area contributed by atoms with E-state index in [-0.39, 0.29) is 18.1 Å². The number of aromatic nitrogens is 1. The van der Waals surface area contributed by atoms with Gasteiger partial charge in [0.2, 0.25) is 5.56 Å². The molecule has 0 bridgehead atoms. The van der Waals surface area contributed by atoms with Gasteiger partial charge in [-0.15, -0.1) is 0 Å². The average molecular weight is 327 g/mol. The number of carbonyl (C=O) groups is 1. The molecule has 0 aliphatic heterocycles. The molecule has 0 spiro atoms. The Labute approximate surface area is 131 Å². The molecule has 7 heteroatoms. The Morgan fingerprint density at radius 2 is 2.05 bits per heavy atom. The molecule has 0 fully saturated rings. The van der Waals surface area contributed by atoms with Gasteiger partial charge in [-0.05, 0) is 24.3 Å². The van der Waals surface area contributed by atoms with Crippen molar-refractivity contribution in [1.29, 1.82) is 0 Å². The van der Waals surface area contributed by atoms with Gasteiger partial charge in [0.15, 0.2) is 6.61 Å². The predicted octanol–water partition coefficient (Wildman–Crippen LogP) is 2.71. The number of benzene rings is 1. The van der Waals surface area contributed by atoms with Gasteiger partial charge >= 0.3 is 0 Å². The first-order valence-corrected chi connectivity index (χ1v) is 6.75. The van der Waals surface area contributed by atoms with Crippen LogP contribution < -0.4 is 15.6 Å². The van der Waals surface area contributed by atoms with Crippen LogP contribution in [0.15, 0.2) is 41.3 Å². The smallest absolute Gasteiger partial charge is 0.262 e. The maximum Gasteiger partial charge on any atom is 0.262 e. The number of anilines is 1. The number of nitrogens with one attached hydrogen (secondary N) is 1. The second-order valence-corrected chi connectivity index (χ2v) is 5.12. The number of hydrogen-bond acceptors (Lipinski definition) is 3. The normalized spacial score (nSPS) is 10.2. The van der Waals surface area contributed by atoms with Gasteiger partial charge in [-0.1, -0.05) is 23.2 Å². The third-order valence-electron chi connectivity index (χ3n) is 2.62. The number of nitrogens with zero attached hydrogens (tertiary/aromatic N) is 1. The van der Waals surface area contributed by atoms with Crippen LogP contribution in [0.25, 0.3) is 0 Å². The minimum atomic E-state index is -0.361. The van der Waals surface area contributed by atoms with Gasteiger partial charge in [0.1, 0.15) is 5.75 Å². The van der Waals surface area contributed by atoms with E-state index in [1.54, 1.807) is 19.2 Å². The van der Waals surface area contributed by atoms with Crippen LogP contribution in [0.4, 0.5) is 5.69 Å². The summed E-state index contributed by atoms with van der Waals surface area (Å²) in [6.45, 7) is -0.204. The van der Waals surface area contributed by atoms with Crippen LogP contribution in [-0.2, 0) is 11.8 Å². The standard InChI is InChI=1S/C14H12Cl2N2O3/c1-18-7-10(3-5-14(18)20)17-13(19)8-21-12-4-2-9(15)6-11(12)16/h2-7H,8H2,1H3,(H,17,19). The highest BCUT2D eigenvalue weighted by Gasteiger charge is 2.07. The van der Waals surface area contributed by atoms with Crippen molar-refractivity contribution in [3.8, 4) is 5.75 Å². The summed E-state index contributed by atoms with van der Waals surface area (Å²) in [5.41, 5.74) is 0.352.